The van der Waals surface area contributed by atoms with Crippen LogP contribution in [0.4, 0.5) is 0 Å². The topological polar surface area (TPSA) is 30.7 Å². The van der Waals surface area contributed by atoms with Gasteiger partial charge in [-0.25, -0.2) is 0 Å². The van der Waals surface area contributed by atoms with E-state index in [1.54, 1.807) is 0 Å². The van der Waals surface area contributed by atoms with Gasteiger partial charge in [0, 0.05) is 52.7 Å². The molecule has 0 saturated heterocycles. The zero-order chi connectivity index (χ0) is 30.2. The molecule has 0 aliphatic heterocycles. The summed E-state index contributed by atoms with van der Waals surface area (Å²) in [6.45, 7) is 10.3. The summed E-state index contributed by atoms with van der Waals surface area (Å²) >= 11 is 0. The molecule has 1 aliphatic rings. The van der Waals surface area contributed by atoms with Crippen LogP contribution < -0.4 is 0 Å². The van der Waals surface area contributed by atoms with Gasteiger partial charge in [-0.1, -0.05) is 80.1 Å². The van der Waals surface area contributed by atoms with E-state index >= 15 is 0 Å². The van der Waals surface area contributed by atoms with Crippen molar-refractivity contribution in [2.75, 3.05) is 0 Å². The third-order valence-corrected chi connectivity index (χ3v) is 7.95. The Morgan fingerprint density at radius 2 is 1.26 bits per heavy atom. The summed E-state index contributed by atoms with van der Waals surface area (Å²) in [6, 6.07) is 30.7. The summed E-state index contributed by atoms with van der Waals surface area (Å²) in [6.07, 6.45) is 15.2. The second kappa shape index (κ2) is 13.9. The summed E-state index contributed by atoms with van der Waals surface area (Å²) in [5.41, 5.74) is 14.2. The van der Waals surface area contributed by atoms with E-state index in [0.29, 0.717) is 0 Å². The maximum absolute atomic E-state index is 4.14. The van der Waals surface area contributed by atoms with Crippen molar-refractivity contribution in [1.29, 1.82) is 0 Å². The predicted molar refractivity (Wildman–Crippen MR) is 183 cm³/mol. The van der Waals surface area contributed by atoms with Crippen LogP contribution in [0.25, 0.3) is 33.8 Å². The van der Waals surface area contributed by atoms with Crippen molar-refractivity contribution in [2.24, 2.45) is 0 Å². The minimum absolute atomic E-state index is 0.977. The first-order chi connectivity index (χ1) is 21.1. The van der Waals surface area contributed by atoms with E-state index in [1.807, 2.05) is 50.8 Å². The molecule has 0 radical (unpaired) electrons. The molecule has 3 heteroatoms. The first-order valence-corrected chi connectivity index (χ1v) is 15.3. The number of pyridine rings is 2. The molecule has 216 valence electrons. The molecule has 3 nitrogen and oxygen atoms in total. The lowest BCUT2D eigenvalue weighted by Gasteiger charge is -2.12. The molecule has 0 amide bonds. The molecule has 0 atom stereocenters. The van der Waals surface area contributed by atoms with Crippen molar-refractivity contribution in [3.63, 3.8) is 0 Å². The zero-order valence-electron chi connectivity index (χ0n) is 26.0. The van der Waals surface area contributed by atoms with Crippen LogP contribution in [0.2, 0.25) is 0 Å². The van der Waals surface area contributed by atoms with Crippen LogP contribution in [-0.2, 0) is 12.8 Å². The normalized spacial score (nSPS) is 11.7. The highest BCUT2D eigenvalue weighted by molar-refractivity contribution is 5.90. The fourth-order valence-electron chi connectivity index (χ4n) is 5.66. The van der Waals surface area contributed by atoms with E-state index in [1.165, 1.54) is 55.7 Å². The Balaban J connectivity index is 0.000000194. The molecule has 43 heavy (non-hydrogen) atoms. The number of rotatable bonds is 4. The quantitative estimate of drug-likeness (QED) is 0.214. The minimum Gasteiger partial charge on any atom is -0.310 e. The van der Waals surface area contributed by atoms with E-state index in [2.05, 4.69) is 120 Å². The van der Waals surface area contributed by atoms with Gasteiger partial charge in [-0.05, 0) is 104 Å². The van der Waals surface area contributed by atoms with Crippen LogP contribution in [0.5, 0.6) is 0 Å². The number of hydrogen-bond acceptors (Lipinski definition) is 2. The number of nitrogens with zero attached hydrogens (tertiary/aromatic N) is 3. The van der Waals surface area contributed by atoms with Gasteiger partial charge in [-0.2, -0.15) is 0 Å². The summed E-state index contributed by atoms with van der Waals surface area (Å²) in [5.74, 6) is 0. The molecule has 3 aromatic heterocycles. The maximum Gasteiger partial charge on any atom is 0.0537 e. The first-order valence-electron chi connectivity index (χ1n) is 15.3. The van der Waals surface area contributed by atoms with E-state index in [-0.39, 0.29) is 0 Å². The van der Waals surface area contributed by atoms with Crippen molar-refractivity contribution in [2.45, 2.75) is 53.9 Å². The average molecular weight is 564 g/mol. The number of aryl methyl sites for hydroxylation is 4. The standard InChI is InChI=1S/C26H23N.C12H12N2.C2H6/c1-19-10-12-20(13-11-19)18-21-14-16-22(17-15-21)27-25-8-4-2-6-23(25)24-7-3-5-9-26(24)27;1-9-3-5-13-7-11(9)12-8-14-6-4-10(12)2;1-2/h2,4-6,8-17H,3,7,18H2,1H3;3-8H,1-2H3;1-2H3. The molecule has 0 N–H and O–H groups in total. The van der Waals surface area contributed by atoms with Gasteiger partial charge in [0.1, 0.15) is 0 Å². The van der Waals surface area contributed by atoms with E-state index < -0.39 is 0 Å². The van der Waals surface area contributed by atoms with Crippen molar-refractivity contribution in [3.05, 3.63) is 155 Å². The van der Waals surface area contributed by atoms with Gasteiger partial charge in [0.15, 0.2) is 0 Å². The second-order valence-corrected chi connectivity index (χ2v) is 10.9. The smallest absolute Gasteiger partial charge is 0.0537 e. The van der Waals surface area contributed by atoms with Crippen molar-refractivity contribution < 1.29 is 0 Å². The molecule has 0 spiro atoms. The van der Waals surface area contributed by atoms with Gasteiger partial charge in [-0.3, -0.25) is 9.97 Å². The van der Waals surface area contributed by atoms with Crippen LogP contribution in [0.15, 0.2) is 116 Å². The van der Waals surface area contributed by atoms with Gasteiger partial charge in [-0.15, -0.1) is 0 Å². The van der Waals surface area contributed by atoms with E-state index in [4.69, 9.17) is 0 Å². The number of allylic oxidation sites excluding steroid dienone is 1. The number of para-hydroxylation sites is 1. The zero-order valence-corrected chi connectivity index (χ0v) is 26.0. The van der Waals surface area contributed by atoms with Crippen molar-refractivity contribution in [1.82, 2.24) is 14.5 Å². The fourth-order valence-corrected chi connectivity index (χ4v) is 5.66. The Hall–Kier alpha value is -4.76. The summed E-state index contributed by atoms with van der Waals surface area (Å²) in [4.78, 5) is 8.27. The van der Waals surface area contributed by atoms with E-state index in [0.717, 1.165) is 30.4 Å². The molecule has 0 bridgehead atoms. The van der Waals surface area contributed by atoms with Gasteiger partial charge >= 0.3 is 0 Å². The number of hydrogen-bond donors (Lipinski definition) is 0. The lowest BCUT2D eigenvalue weighted by atomic mass is 10.0. The number of benzene rings is 3. The van der Waals surface area contributed by atoms with Crippen LogP contribution >= 0.6 is 0 Å². The summed E-state index contributed by atoms with van der Waals surface area (Å²) in [5, 5.41) is 1.39. The third kappa shape index (κ3) is 6.67. The monoisotopic (exact) mass is 563 g/mol. The van der Waals surface area contributed by atoms with Gasteiger partial charge < -0.3 is 4.57 Å². The molecule has 3 aromatic carbocycles. The highest BCUT2D eigenvalue weighted by atomic mass is 15.0. The van der Waals surface area contributed by atoms with Gasteiger partial charge in [0.25, 0.3) is 0 Å². The Morgan fingerprint density at radius 3 is 1.86 bits per heavy atom. The van der Waals surface area contributed by atoms with Crippen LogP contribution in [0.3, 0.4) is 0 Å². The maximum atomic E-state index is 4.14. The Labute approximate surface area is 256 Å². The lowest BCUT2D eigenvalue weighted by molar-refractivity contribution is 0.967. The highest BCUT2D eigenvalue weighted by Gasteiger charge is 2.17. The SMILES string of the molecule is CC.Cc1ccc(Cc2ccc(-n3c4c(c5ccccc53)CCC=C4)cc2)cc1.Cc1ccncc1-c1cnccc1C. The van der Waals surface area contributed by atoms with Gasteiger partial charge in [0.05, 0.1) is 5.52 Å². The molecule has 7 rings (SSSR count). The fraction of sp³-hybridized carbons (Fsp3) is 0.200. The van der Waals surface area contributed by atoms with Crippen LogP contribution in [-0.4, -0.2) is 14.5 Å². The Bertz CT molecular complexity index is 1780. The summed E-state index contributed by atoms with van der Waals surface area (Å²) < 4.78 is 2.41. The number of fused-ring (bicyclic) bond motifs is 3. The number of aromatic nitrogens is 3. The molecular weight excluding hydrogens is 522 g/mol. The molecule has 0 unspecified atom stereocenters. The predicted octanol–water partition coefficient (Wildman–Crippen LogP) is 10.3. The third-order valence-electron chi connectivity index (χ3n) is 7.95. The molecular formula is C40H41N3. The van der Waals surface area contributed by atoms with Crippen molar-refractivity contribution >= 4 is 17.0 Å². The molecule has 0 saturated carbocycles. The minimum atomic E-state index is 0.977. The highest BCUT2D eigenvalue weighted by Crippen LogP contribution is 2.34. The molecule has 6 aromatic rings. The van der Waals surface area contributed by atoms with Crippen LogP contribution in [0.1, 0.15) is 59.3 Å². The first kappa shape index (κ1) is 29.7. The van der Waals surface area contributed by atoms with Crippen LogP contribution in [0, 0.1) is 20.8 Å². The summed E-state index contributed by atoms with van der Waals surface area (Å²) in [7, 11) is 0. The average Bonchev–Trinajstić information content (AvgIpc) is 3.39. The van der Waals surface area contributed by atoms with Gasteiger partial charge in [0.2, 0.25) is 0 Å². The second-order valence-electron chi connectivity index (χ2n) is 10.9. The molecule has 0 fully saturated rings. The Morgan fingerprint density at radius 1 is 0.674 bits per heavy atom. The lowest BCUT2D eigenvalue weighted by Crippen LogP contribution is -2.00. The van der Waals surface area contributed by atoms with Crippen molar-refractivity contribution in [3.8, 4) is 16.8 Å². The Kier molecular flexibility index (Phi) is 9.63. The van der Waals surface area contributed by atoms with E-state index in [9.17, 15) is 0 Å². The largest absolute Gasteiger partial charge is 0.310 e. The molecule has 1 aliphatic carbocycles. The molecule has 3 heterocycles.